The van der Waals surface area contributed by atoms with Crippen LogP contribution in [0, 0.1) is 5.82 Å². The fourth-order valence-electron chi connectivity index (χ4n) is 3.67. The van der Waals surface area contributed by atoms with Gasteiger partial charge in [-0.25, -0.2) is 14.1 Å². The second-order valence-corrected chi connectivity index (χ2v) is 8.00. The van der Waals surface area contributed by atoms with Crippen molar-refractivity contribution in [3.8, 4) is 11.5 Å². The third kappa shape index (κ3) is 5.81. The maximum atomic E-state index is 13.7. The molecule has 10 heteroatoms. The molecule has 1 saturated heterocycles. The molecule has 0 saturated carbocycles. The Morgan fingerprint density at radius 1 is 1.05 bits per heavy atom. The third-order valence-electron chi connectivity index (χ3n) is 5.35. The molecule has 1 fully saturated rings. The van der Waals surface area contributed by atoms with Gasteiger partial charge in [0.15, 0.2) is 0 Å². The van der Waals surface area contributed by atoms with Gasteiger partial charge in [-0.05, 0) is 66.2 Å². The van der Waals surface area contributed by atoms with Crippen molar-refractivity contribution in [3.63, 3.8) is 0 Å². The summed E-state index contributed by atoms with van der Waals surface area (Å²) < 4.78 is 24.9. The number of hydrogen-bond donors (Lipinski definition) is 2. The van der Waals surface area contributed by atoms with Crippen LogP contribution in [-0.4, -0.2) is 30.9 Å². The number of anilines is 2. The summed E-state index contributed by atoms with van der Waals surface area (Å²) in [6, 6.07) is 15.8. The Balaban J connectivity index is 1.57. The Hall–Kier alpha value is -4.99. The number of urea groups is 1. The lowest BCUT2D eigenvalue weighted by atomic mass is 10.0. The summed E-state index contributed by atoms with van der Waals surface area (Å²) in [7, 11) is 1.50. The van der Waals surface area contributed by atoms with E-state index in [0.717, 1.165) is 6.07 Å². The normalized spacial score (nSPS) is 14.4. The van der Waals surface area contributed by atoms with Gasteiger partial charge in [-0.3, -0.25) is 19.7 Å². The van der Waals surface area contributed by atoms with Crippen LogP contribution in [0.1, 0.15) is 18.1 Å². The molecular formula is C27H22FN3O6. The van der Waals surface area contributed by atoms with Crippen molar-refractivity contribution in [1.29, 1.82) is 0 Å². The number of amides is 5. The quantitative estimate of drug-likeness (QED) is 0.372. The van der Waals surface area contributed by atoms with Gasteiger partial charge in [0, 0.05) is 18.2 Å². The molecule has 0 bridgehead atoms. The van der Waals surface area contributed by atoms with Gasteiger partial charge in [-0.1, -0.05) is 12.1 Å². The molecule has 2 N–H and O–H groups in total. The van der Waals surface area contributed by atoms with Crippen molar-refractivity contribution in [2.45, 2.75) is 13.5 Å². The Morgan fingerprint density at radius 2 is 1.81 bits per heavy atom. The van der Waals surface area contributed by atoms with Crippen molar-refractivity contribution in [2.24, 2.45) is 0 Å². The molecule has 0 spiro atoms. The number of nitrogens with zero attached hydrogens (tertiary/aromatic N) is 1. The average molecular weight is 503 g/mol. The van der Waals surface area contributed by atoms with Crippen LogP contribution in [0.15, 0.2) is 72.3 Å². The number of rotatable bonds is 7. The first-order chi connectivity index (χ1) is 17.7. The highest BCUT2D eigenvalue weighted by Gasteiger charge is 2.37. The first-order valence-corrected chi connectivity index (χ1v) is 11.1. The minimum Gasteiger partial charge on any atom is -0.496 e. The first kappa shape index (κ1) is 25.1. The van der Waals surface area contributed by atoms with Crippen LogP contribution in [0.3, 0.4) is 0 Å². The number of ether oxygens (including phenoxy) is 2. The van der Waals surface area contributed by atoms with Gasteiger partial charge in [-0.2, -0.15) is 0 Å². The molecule has 4 rings (SSSR count). The number of barbiturate groups is 1. The van der Waals surface area contributed by atoms with Crippen molar-refractivity contribution < 1.29 is 33.0 Å². The zero-order chi connectivity index (χ0) is 26.5. The highest BCUT2D eigenvalue weighted by Crippen LogP contribution is 2.26. The first-order valence-electron chi connectivity index (χ1n) is 11.1. The summed E-state index contributed by atoms with van der Waals surface area (Å²) in [6.07, 6.45) is 1.33. The summed E-state index contributed by atoms with van der Waals surface area (Å²) >= 11 is 0. The number of hydrogen-bond acceptors (Lipinski definition) is 6. The van der Waals surface area contributed by atoms with Gasteiger partial charge in [-0.15, -0.1) is 0 Å². The van der Waals surface area contributed by atoms with Gasteiger partial charge in [0.1, 0.15) is 29.5 Å². The van der Waals surface area contributed by atoms with Crippen molar-refractivity contribution in [3.05, 3.63) is 89.2 Å². The maximum Gasteiger partial charge on any atom is 0.335 e. The number of methoxy groups -OCH3 is 1. The van der Waals surface area contributed by atoms with Crippen LogP contribution in [0.5, 0.6) is 11.5 Å². The predicted molar refractivity (Wildman–Crippen MR) is 133 cm³/mol. The van der Waals surface area contributed by atoms with Gasteiger partial charge in [0.2, 0.25) is 5.91 Å². The molecular weight excluding hydrogens is 481 g/mol. The highest BCUT2D eigenvalue weighted by atomic mass is 19.1. The molecule has 0 aliphatic carbocycles. The van der Waals surface area contributed by atoms with E-state index in [1.54, 1.807) is 42.5 Å². The minimum atomic E-state index is -0.967. The SMILES string of the molecule is COc1ccc(C=C2C(=O)NC(=O)N(c3cccc(F)c3)C2=O)cc1COc1ccc(NC(C)=O)cc1. The molecule has 188 valence electrons. The molecule has 3 aromatic carbocycles. The Kier molecular flexibility index (Phi) is 7.28. The molecule has 1 heterocycles. The van der Waals surface area contributed by atoms with Gasteiger partial charge >= 0.3 is 6.03 Å². The minimum absolute atomic E-state index is 0.00533. The molecule has 0 radical (unpaired) electrons. The summed E-state index contributed by atoms with van der Waals surface area (Å²) in [4.78, 5) is 49.7. The molecule has 1 aliphatic rings. The van der Waals surface area contributed by atoms with E-state index in [9.17, 15) is 23.6 Å². The van der Waals surface area contributed by atoms with Crippen molar-refractivity contribution in [2.75, 3.05) is 17.3 Å². The topological polar surface area (TPSA) is 114 Å². The van der Waals surface area contributed by atoms with E-state index >= 15 is 0 Å². The lowest BCUT2D eigenvalue weighted by Gasteiger charge is -2.26. The van der Waals surface area contributed by atoms with Gasteiger partial charge < -0.3 is 14.8 Å². The number of nitrogens with one attached hydrogen (secondary N) is 2. The van der Waals surface area contributed by atoms with E-state index in [1.807, 2.05) is 0 Å². The largest absolute Gasteiger partial charge is 0.496 e. The standard InChI is InChI=1S/C27H22FN3O6/c1-16(32)29-20-7-9-22(10-8-20)37-15-18-12-17(6-11-24(18)36-2)13-23-25(33)30-27(35)31(26(23)34)21-5-3-4-19(28)14-21/h3-14H,15H2,1-2H3,(H,29,32)(H,30,33,35). The van der Waals surface area contributed by atoms with Crippen LogP contribution in [0.25, 0.3) is 6.08 Å². The highest BCUT2D eigenvalue weighted by molar-refractivity contribution is 6.39. The Bertz CT molecular complexity index is 1420. The third-order valence-corrected chi connectivity index (χ3v) is 5.35. The molecule has 0 atom stereocenters. The number of imide groups is 2. The summed E-state index contributed by atoms with van der Waals surface area (Å²) in [5.41, 5.74) is 1.44. The van der Waals surface area contributed by atoms with Gasteiger partial charge in [0.25, 0.3) is 11.8 Å². The molecule has 9 nitrogen and oxygen atoms in total. The molecule has 0 aromatic heterocycles. The molecule has 5 amide bonds. The van der Waals surface area contributed by atoms with E-state index in [2.05, 4.69) is 10.6 Å². The summed E-state index contributed by atoms with van der Waals surface area (Å²) in [6.45, 7) is 1.52. The van der Waals surface area contributed by atoms with Crippen LogP contribution < -0.4 is 25.0 Å². The molecule has 1 aliphatic heterocycles. The number of benzene rings is 3. The molecule has 0 unspecified atom stereocenters. The summed E-state index contributed by atoms with van der Waals surface area (Å²) in [5.74, 6) is -1.50. The van der Waals surface area contributed by atoms with Crippen LogP contribution in [0.2, 0.25) is 0 Å². The zero-order valence-electron chi connectivity index (χ0n) is 19.9. The summed E-state index contributed by atoms with van der Waals surface area (Å²) in [5, 5.41) is 4.78. The van der Waals surface area contributed by atoms with E-state index in [-0.39, 0.29) is 23.8 Å². The smallest absolute Gasteiger partial charge is 0.335 e. The second-order valence-electron chi connectivity index (χ2n) is 8.00. The van der Waals surface area contributed by atoms with E-state index in [4.69, 9.17) is 9.47 Å². The number of halogens is 1. The van der Waals surface area contributed by atoms with E-state index < -0.39 is 23.7 Å². The lowest BCUT2D eigenvalue weighted by Crippen LogP contribution is -2.54. The maximum absolute atomic E-state index is 13.7. The van der Waals surface area contributed by atoms with Crippen molar-refractivity contribution >= 4 is 41.2 Å². The Morgan fingerprint density at radius 3 is 2.49 bits per heavy atom. The van der Waals surface area contributed by atoms with Crippen LogP contribution in [0.4, 0.5) is 20.6 Å². The fourth-order valence-corrected chi connectivity index (χ4v) is 3.67. The van der Waals surface area contributed by atoms with E-state index in [0.29, 0.717) is 33.2 Å². The monoisotopic (exact) mass is 503 g/mol. The Labute approximate surface area is 211 Å². The lowest BCUT2D eigenvalue weighted by molar-refractivity contribution is -0.122. The molecule has 37 heavy (non-hydrogen) atoms. The average Bonchev–Trinajstić information content (AvgIpc) is 2.86. The second kappa shape index (κ2) is 10.7. The number of carbonyl (C=O) groups is 4. The van der Waals surface area contributed by atoms with Gasteiger partial charge in [0.05, 0.1) is 12.8 Å². The number of carbonyl (C=O) groups excluding carboxylic acids is 4. The van der Waals surface area contributed by atoms with Crippen LogP contribution in [-0.2, 0) is 21.0 Å². The van der Waals surface area contributed by atoms with Crippen molar-refractivity contribution in [1.82, 2.24) is 5.32 Å². The zero-order valence-corrected chi connectivity index (χ0v) is 19.9. The van der Waals surface area contributed by atoms with Crippen LogP contribution >= 0.6 is 0 Å². The fraction of sp³-hybridized carbons (Fsp3) is 0.111. The predicted octanol–water partition coefficient (Wildman–Crippen LogP) is 4.04. The molecule has 3 aromatic rings. The van der Waals surface area contributed by atoms with E-state index in [1.165, 1.54) is 38.3 Å².